The molecule has 0 aliphatic carbocycles. The van der Waals surface area contributed by atoms with Crippen molar-refractivity contribution in [2.75, 3.05) is 14.2 Å². The Morgan fingerprint density at radius 3 is 2.59 bits per heavy atom. The first-order chi connectivity index (χ1) is 14.1. The van der Waals surface area contributed by atoms with Gasteiger partial charge in [0.05, 0.1) is 25.8 Å². The number of aromatic amines is 1. The predicted octanol–water partition coefficient (Wildman–Crippen LogP) is 3.98. The minimum atomic E-state index is -0.206. The highest BCUT2D eigenvalue weighted by molar-refractivity contribution is 5.84. The van der Waals surface area contributed by atoms with Crippen LogP contribution >= 0.6 is 0 Å². The number of hydrogen-bond acceptors (Lipinski definition) is 4. The van der Waals surface area contributed by atoms with E-state index in [4.69, 9.17) is 9.47 Å². The second-order valence-corrected chi connectivity index (χ2v) is 6.87. The molecule has 29 heavy (non-hydrogen) atoms. The number of aryl methyl sites for hydroxylation is 2. The third-order valence-electron chi connectivity index (χ3n) is 5.32. The molecule has 0 saturated heterocycles. The first-order valence-electron chi connectivity index (χ1n) is 9.64. The summed E-state index contributed by atoms with van der Waals surface area (Å²) in [7, 11) is 3.20. The Hall–Kier alpha value is -3.28. The lowest BCUT2D eigenvalue weighted by Crippen LogP contribution is -2.22. The van der Waals surface area contributed by atoms with Crippen molar-refractivity contribution in [3.8, 4) is 11.5 Å². The minimum absolute atomic E-state index is 0.206. The third kappa shape index (κ3) is 4.26. The average Bonchev–Trinajstić information content (AvgIpc) is 3.17. The number of amides is 1. The fraction of sp³-hybridized carbons (Fsp3) is 0.304. The molecule has 0 saturated carbocycles. The molecule has 1 atom stereocenters. The van der Waals surface area contributed by atoms with Crippen LogP contribution in [-0.4, -0.2) is 31.9 Å². The van der Waals surface area contributed by atoms with E-state index in [9.17, 15) is 9.59 Å². The fourth-order valence-corrected chi connectivity index (χ4v) is 3.76. The number of hydrogen-bond donors (Lipinski definition) is 2. The molecule has 3 aromatic rings. The smallest absolute Gasteiger partial charge is 0.207 e. The van der Waals surface area contributed by atoms with Gasteiger partial charge in [0, 0.05) is 17.1 Å². The van der Waals surface area contributed by atoms with E-state index in [0.29, 0.717) is 24.1 Å². The van der Waals surface area contributed by atoms with Gasteiger partial charge in [-0.3, -0.25) is 9.59 Å². The minimum Gasteiger partial charge on any atom is -0.497 e. The van der Waals surface area contributed by atoms with Crippen molar-refractivity contribution in [3.63, 3.8) is 0 Å². The van der Waals surface area contributed by atoms with Gasteiger partial charge < -0.3 is 19.8 Å². The molecule has 2 N–H and O–H groups in total. The van der Waals surface area contributed by atoms with Gasteiger partial charge in [-0.25, -0.2) is 0 Å². The van der Waals surface area contributed by atoms with E-state index < -0.39 is 0 Å². The van der Waals surface area contributed by atoms with Crippen molar-refractivity contribution in [1.82, 2.24) is 10.3 Å². The maximum Gasteiger partial charge on any atom is 0.207 e. The number of methoxy groups -OCH3 is 2. The van der Waals surface area contributed by atoms with Gasteiger partial charge in [0.1, 0.15) is 11.5 Å². The lowest BCUT2D eigenvalue weighted by molar-refractivity contribution is -0.110. The van der Waals surface area contributed by atoms with Gasteiger partial charge in [-0.1, -0.05) is 6.92 Å². The highest BCUT2D eigenvalue weighted by Gasteiger charge is 2.18. The van der Waals surface area contributed by atoms with E-state index in [2.05, 4.69) is 10.3 Å². The number of rotatable bonds is 10. The van der Waals surface area contributed by atoms with Gasteiger partial charge in [-0.15, -0.1) is 0 Å². The molecule has 0 aliphatic heterocycles. The molecule has 6 heteroatoms. The van der Waals surface area contributed by atoms with Crippen LogP contribution in [0.15, 0.2) is 36.5 Å². The van der Waals surface area contributed by atoms with Gasteiger partial charge in [-0.2, -0.15) is 0 Å². The van der Waals surface area contributed by atoms with Crippen LogP contribution < -0.4 is 14.8 Å². The van der Waals surface area contributed by atoms with Gasteiger partial charge in [0.25, 0.3) is 0 Å². The van der Waals surface area contributed by atoms with Crippen molar-refractivity contribution in [1.29, 1.82) is 0 Å². The van der Waals surface area contributed by atoms with Crippen molar-refractivity contribution < 1.29 is 19.1 Å². The molecular weight excluding hydrogens is 368 g/mol. The van der Waals surface area contributed by atoms with Crippen molar-refractivity contribution in [3.05, 3.63) is 58.8 Å². The SMILES string of the molecule is CCc1cc(OC)c(C=O)cc1C(CCc1c[nH]c2ccc(OC)cc12)NC=O. The van der Waals surface area contributed by atoms with Crippen LogP contribution in [0.5, 0.6) is 11.5 Å². The Morgan fingerprint density at radius 2 is 1.93 bits per heavy atom. The Kier molecular flexibility index (Phi) is 6.54. The molecule has 0 aliphatic rings. The Bertz CT molecular complexity index is 1010. The molecule has 152 valence electrons. The zero-order valence-corrected chi connectivity index (χ0v) is 17.0. The lowest BCUT2D eigenvalue weighted by atomic mass is 9.92. The predicted molar refractivity (Wildman–Crippen MR) is 113 cm³/mol. The van der Waals surface area contributed by atoms with Crippen LogP contribution in [0.3, 0.4) is 0 Å². The number of aromatic nitrogens is 1. The lowest BCUT2D eigenvalue weighted by Gasteiger charge is -2.21. The van der Waals surface area contributed by atoms with Crippen LogP contribution in [0.4, 0.5) is 0 Å². The largest absolute Gasteiger partial charge is 0.497 e. The maximum atomic E-state index is 11.5. The molecule has 0 bridgehead atoms. The van der Waals surface area contributed by atoms with Crippen molar-refractivity contribution >= 4 is 23.6 Å². The number of aldehydes is 1. The molecule has 2 aromatic carbocycles. The summed E-state index contributed by atoms with van der Waals surface area (Å²) < 4.78 is 10.7. The summed E-state index contributed by atoms with van der Waals surface area (Å²) in [6.45, 7) is 2.04. The van der Waals surface area contributed by atoms with Crippen LogP contribution in [-0.2, 0) is 17.6 Å². The van der Waals surface area contributed by atoms with Crippen molar-refractivity contribution in [2.24, 2.45) is 0 Å². The highest BCUT2D eigenvalue weighted by Crippen LogP contribution is 2.31. The van der Waals surface area contributed by atoms with Crippen LogP contribution in [0.25, 0.3) is 10.9 Å². The molecule has 1 unspecified atom stereocenters. The quantitative estimate of drug-likeness (QED) is 0.510. The van der Waals surface area contributed by atoms with E-state index in [1.54, 1.807) is 14.2 Å². The van der Waals surface area contributed by atoms with Gasteiger partial charge >= 0.3 is 0 Å². The van der Waals surface area contributed by atoms with Gasteiger partial charge in [-0.05, 0) is 66.3 Å². The van der Waals surface area contributed by atoms with Gasteiger partial charge in [0.2, 0.25) is 6.41 Å². The molecular formula is C23H26N2O4. The Morgan fingerprint density at radius 1 is 1.10 bits per heavy atom. The summed E-state index contributed by atoms with van der Waals surface area (Å²) in [5.41, 5.74) is 4.67. The molecule has 1 aromatic heterocycles. The highest BCUT2D eigenvalue weighted by atomic mass is 16.5. The monoisotopic (exact) mass is 394 g/mol. The Balaban J connectivity index is 1.91. The molecule has 1 heterocycles. The second kappa shape index (κ2) is 9.28. The zero-order chi connectivity index (χ0) is 20.8. The first kappa shape index (κ1) is 20.5. The van der Waals surface area contributed by atoms with Gasteiger partial charge in [0.15, 0.2) is 6.29 Å². The summed E-state index contributed by atoms with van der Waals surface area (Å²) >= 11 is 0. The Labute approximate surface area is 170 Å². The number of nitrogens with one attached hydrogen (secondary N) is 2. The molecule has 0 radical (unpaired) electrons. The molecule has 6 nitrogen and oxygen atoms in total. The summed E-state index contributed by atoms with van der Waals surface area (Å²) in [6.07, 6.45) is 5.71. The zero-order valence-electron chi connectivity index (χ0n) is 17.0. The van der Waals surface area contributed by atoms with E-state index in [1.807, 2.05) is 43.5 Å². The van der Waals surface area contributed by atoms with Crippen LogP contribution in [0, 0.1) is 0 Å². The molecule has 3 rings (SSSR count). The van der Waals surface area contributed by atoms with Crippen LogP contribution in [0.1, 0.15) is 46.4 Å². The normalized spacial score (nSPS) is 11.8. The van der Waals surface area contributed by atoms with E-state index in [1.165, 1.54) is 0 Å². The molecule has 0 spiro atoms. The first-order valence-corrected chi connectivity index (χ1v) is 9.64. The topological polar surface area (TPSA) is 80.4 Å². The average molecular weight is 394 g/mol. The van der Waals surface area contributed by atoms with E-state index in [-0.39, 0.29) is 6.04 Å². The number of H-pyrrole nitrogens is 1. The third-order valence-corrected chi connectivity index (χ3v) is 5.32. The maximum absolute atomic E-state index is 11.5. The summed E-state index contributed by atoms with van der Waals surface area (Å²) in [5.74, 6) is 1.36. The fourth-order valence-electron chi connectivity index (χ4n) is 3.76. The summed E-state index contributed by atoms with van der Waals surface area (Å²) in [6, 6.07) is 9.43. The number of carbonyl (C=O) groups is 2. The standard InChI is InChI=1S/C23H26N2O4/c1-4-15-10-23(29-3)17(13-26)9-19(15)22(25-14-27)7-5-16-12-24-21-8-6-18(28-2)11-20(16)21/h6,8-14,22,24H,4-5,7H2,1-3H3,(H,25,27). The van der Waals surface area contributed by atoms with E-state index in [0.717, 1.165) is 52.5 Å². The van der Waals surface area contributed by atoms with Crippen LogP contribution in [0.2, 0.25) is 0 Å². The number of fused-ring (bicyclic) bond motifs is 1. The number of ether oxygens (including phenoxy) is 2. The van der Waals surface area contributed by atoms with Crippen molar-refractivity contribution in [2.45, 2.75) is 32.2 Å². The molecule has 1 amide bonds. The number of benzene rings is 2. The summed E-state index contributed by atoms with van der Waals surface area (Å²) in [5, 5.41) is 4.03. The summed E-state index contributed by atoms with van der Waals surface area (Å²) in [4.78, 5) is 26.1. The second-order valence-electron chi connectivity index (χ2n) is 6.87. The molecule has 0 fully saturated rings. The van der Waals surface area contributed by atoms with E-state index >= 15 is 0 Å². The number of carbonyl (C=O) groups excluding carboxylic acids is 2.